The van der Waals surface area contributed by atoms with E-state index in [9.17, 15) is 0 Å². The minimum atomic E-state index is 0.309. The molecule has 0 fully saturated rings. The van der Waals surface area contributed by atoms with Crippen LogP contribution in [-0.4, -0.2) is 11.8 Å². The maximum absolute atomic E-state index is 6.18. The molecular formula is C14H22BrNS. The lowest BCUT2D eigenvalue weighted by atomic mass is 9.96. The second-order valence-electron chi connectivity index (χ2n) is 4.45. The van der Waals surface area contributed by atoms with Crippen molar-refractivity contribution in [2.75, 3.05) is 5.75 Å². The van der Waals surface area contributed by atoms with Gasteiger partial charge in [-0.25, -0.2) is 0 Å². The number of benzene rings is 1. The Bertz CT molecular complexity index is 326. The minimum absolute atomic E-state index is 0.309. The molecule has 0 aliphatic heterocycles. The predicted octanol–water partition coefficient (Wildman–Crippen LogP) is 4.69. The number of rotatable bonds is 7. The van der Waals surface area contributed by atoms with Gasteiger partial charge in [0.05, 0.1) is 0 Å². The standard InChI is InChI=1S/C14H22BrNS/c1-3-11(4-2)8-13(16)10-17-14-7-5-6-12(15)9-14/h5-7,9,11,13H,3-4,8,10,16H2,1-2H3. The van der Waals surface area contributed by atoms with Gasteiger partial charge in [-0.15, -0.1) is 11.8 Å². The van der Waals surface area contributed by atoms with Crippen LogP contribution in [0.1, 0.15) is 33.1 Å². The number of nitrogens with two attached hydrogens (primary N) is 1. The van der Waals surface area contributed by atoms with E-state index in [2.05, 4.69) is 48.0 Å². The Labute approximate surface area is 118 Å². The van der Waals surface area contributed by atoms with Gasteiger partial charge in [-0.1, -0.05) is 48.7 Å². The first-order valence-electron chi connectivity index (χ1n) is 6.29. The van der Waals surface area contributed by atoms with E-state index in [0.717, 1.165) is 22.6 Å². The van der Waals surface area contributed by atoms with E-state index in [1.807, 2.05) is 17.8 Å². The Morgan fingerprint density at radius 3 is 2.59 bits per heavy atom. The molecule has 1 nitrogen and oxygen atoms in total. The maximum atomic E-state index is 6.18. The Kier molecular flexibility index (Phi) is 7.24. The molecule has 1 atom stereocenters. The number of thioether (sulfide) groups is 1. The first-order valence-corrected chi connectivity index (χ1v) is 8.07. The smallest absolute Gasteiger partial charge is 0.0186 e. The average Bonchev–Trinajstić information content (AvgIpc) is 2.33. The van der Waals surface area contributed by atoms with E-state index >= 15 is 0 Å². The van der Waals surface area contributed by atoms with Crippen LogP contribution in [0, 0.1) is 5.92 Å². The molecular weight excluding hydrogens is 294 g/mol. The molecule has 0 saturated carbocycles. The molecule has 0 bridgehead atoms. The largest absolute Gasteiger partial charge is 0.327 e. The molecule has 3 heteroatoms. The highest BCUT2D eigenvalue weighted by Crippen LogP contribution is 2.24. The Hall–Kier alpha value is 0.01000. The fourth-order valence-electron chi connectivity index (χ4n) is 1.88. The molecule has 96 valence electrons. The number of hydrogen-bond acceptors (Lipinski definition) is 2. The summed E-state index contributed by atoms with van der Waals surface area (Å²) in [4.78, 5) is 1.29. The molecule has 2 N–H and O–H groups in total. The average molecular weight is 316 g/mol. The van der Waals surface area contributed by atoms with Crippen LogP contribution in [0.3, 0.4) is 0 Å². The fourth-order valence-corrected chi connectivity index (χ4v) is 3.36. The summed E-state index contributed by atoms with van der Waals surface area (Å²) in [7, 11) is 0. The zero-order valence-electron chi connectivity index (χ0n) is 10.7. The zero-order valence-corrected chi connectivity index (χ0v) is 13.1. The van der Waals surface area contributed by atoms with Crippen molar-refractivity contribution in [2.45, 2.75) is 44.0 Å². The van der Waals surface area contributed by atoms with E-state index in [1.165, 1.54) is 17.7 Å². The summed E-state index contributed by atoms with van der Waals surface area (Å²) in [6, 6.07) is 8.71. The molecule has 0 heterocycles. The second kappa shape index (κ2) is 8.17. The summed E-state index contributed by atoms with van der Waals surface area (Å²) in [6.45, 7) is 4.50. The Morgan fingerprint density at radius 1 is 1.29 bits per heavy atom. The molecule has 0 amide bonds. The lowest BCUT2D eigenvalue weighted by Crippen LogP contribution is -2.25. The van der Waals surface area contributed by atoms with Crippen LogP contribution in [0.2, 0.25) is 0 Å². The first kappa shape index (κ1) is 15.1. The van der Waals surface area contributed by atoms with Gasteiger partial charge in [0.25, 0.3) is 0 Å². The highest BCUT2D eigenvalue weighted by atomic mass is 79.9. The van der Waals surface area contributed by atoms with Gasteiger partial charge >= 0.3 is 0 Å². The van der Waals surface area contributed by atoms with Gasteiger partial charge in [-0.05, 0) is 30.5 Å². The van der Waals surface area contributed by atoms with Gasteiger partial charge in [0.1, 0.15) is 0 Å². The lowest BCUT2D eigenvalue weighted by molar-refractivity contribution is 0.424. The highest BCUT2D eigenvalue weighted by Gasteiger charge is 2.10. The summed E-state index contributed by atoms with van der Waals surface area (Å²) < 4.78 is 1.14. The normalized spacial score (nSPS) is 13.0. The van der Waals surface area contributed by atoms with Crippen LogP contribution in [0.4, 0.5) is 0 Å². The van der Waals surface area contributed by atoms with E-state index in [0.29, 0.717) is 6.04 Å². The molecule has 0 aliphatic carbocycles. The third kappa shape index (κ3) is 5.94. The van der Waals surface area contributed by atoms with Crippen LogP contribution >= 0.6 is 27.7 Å². The molecule has 1 aromatic carbocycles. The molecule has 0 radical (unpaired) electrons. The van der Waals surface area contributed by atoms with Crippen molar-refractivity contribution in [2.24, 2.45) is 11.7 Å². The predicted molar refractivity (Wildman–Crippen MR) is 81.5 cm³/mol. The molecule has 0 spiro atoms. The van der Waals surface area contributed by atoms with Crippen molar-refractivity contribution >= 4 is 27.7 Å². The minimum Gasteiger partial charge on any atom is -0.327 e. The Morgan fingerprint density at radius 2 is 2.00 bits per heavy atom. The summed E-state index contributed by atoms with van der Waals surface area (Å²) in [5.74, 6) is 1.79. The Balaban J connectivity index is 2.35. The van der Waals surface area contributed by atoms with E-state index in [1.54, 1.807) is 0 Å². The topological polar surface area (TPSA) is 26.0 Å². The third-order valence-electron chi connectivity index (χ3n) is 3.05. The van der Waals surface area contributed by atoms with Gasteiger partial charge in [0, 0.05) is 21.2 Å². The summed E-state index contributed by atoms with van der Waals surface area (Å²) in [5, 5.41) is 0. The van der Waals surface area contributed by atoms with Gasteiger partial charge < -0.3 is 5.73 Å². The lowest BCUT2D eigenvalue weighted by Gasteiger charge is -2.17. The van der Waals surface area contributed by atoms with Crippen molar-refractivity contribution < 1.29 is 0 Å². The highest BCUT2D eigenvalue weighted by molar-refractivity contribution is 9.10. The van der Waals surface area contributed by atoms with Crippen molar-refractivity contribution in [3.63, 3.8) is 0 Å². The molecule has 0 aromatic heterocycles. The molecule has 0 aliphatic rings. The summed E-state index contributed by atoms with van der Waals surface area (Å²) in [5.41, 5.74) is 6.18. The van der Waals surface area contributed by atoms with Crippen LogP contribution in [0.25, 0.3) is 0 Å². The van der Waals surface area contributed by atoms with E-state index < -0.39 is 0 Å². The monoisotopic (exact) mass is 315 g/mol. The molecule has 1 rings (SSSR count). The number of halogens is 1. The maximum Gasteiger partial charge on any atom is 0.0186 e. The first-order chi connectivity index (χ1) is 8.15. The van der Waals surface area contributed by atoms with Crippen LogP contribution in [0.5, 0.6) is 0 Å². The molecule has 1 unspecified atom stereocenters. The molecule has 0 saturated heterocycles. The van der Waals surface area contributed by atoms with Crippen molar-refractivity contribution in [3.05, 3.63) is 28.7 Å². The number of hydrogen-bond donors (Lipinski definition) is 1. The van der Waals surface area contributed by atoms with E-state index in [4.69, 9.17) is 5.73 Å². The van der Waals surface area contributed by atoms with Gasteiger partial charge in [-0.3, -0.25) is 0 Å². The fraction of sp³-hybridized carbons (Fsp3) is 0.571. The van der Waals surface area contributed by atoms with Gasteiger partial charge in [0.2, 0.25) is 0 Å². The van der Waals surface area contributed by atoms with E-state index in [-0.39, 0.29) is 0 Å². The van der Waals surface area contributed by atoms with Crippen LogP contribution < -0.4 is 5.73 Å². The second-order valence-corrected chi connectivity index (χ2v) is 6.46. The quantitative estimate of drug-likeness (QED) is 0.738. The summed E-state index contributed by atoms with van der Waals surface area (Å²) >= 11 is 5.34. The molecule has 17 heavy (non-hydrogen) atoms. The van der Waals surface area contributed by atoms with Crippen LogP contribution in [-0.2, 0) is 0 Å². The van der Waals surface area contributed by atoms with Crippen molar-refractivity contribution in [3.8, 4) is 0 Å². The van der Waals surface area contributed by atoms with Gasteiger partial charge in [0.15, 0.2) is 0 Å². The zero-order chi connectivity index (χ0) is 12.7. The van der Waals surface area contributed by atoms with Crippen molar-refractivity contribution in [1.82, 2.24) is 0 Å². The SMILES string of the molecule is CCC(CC)CC(N)CSc1cccc(Br)c1. The third-order valence-corrected chi connectivity index (χ3v) is 4.73. The summed E-state index contributed by atoms with van der Waals surface area (Å²) in [6.07, 6.45) is 3.63. The van der Waals surface area contributed by atoms with Crippen LogP contribution in [0.15, 0.2) is 33.6 Å². The molecule has 1 aromatic rings. The van der Waals surface area contributed by atoms with Gasteiger partial charge in [-0.2, -0.15) is 0 Å². The van der Waals surface area contributed by atoms with Crippen molar-refractivity contribution in [1.29, 1.82) is 0 Å².